The molecule has 0 spiro atoms. The summed E-state index contributed by atoms with van der Waals surface area (Å²) in [5.41, 5.74) is 0. The molecule has 0 aliphatic carbocycles. The lowest BCUT2D eigenvalue weighted by atomic mass is 10.1. The second-order valence-electron chi connectivity index (χ2n) is 5.18. The van der Waals surface area contributed by atoms with Crippen LogP contribution in [0.1, 0.15) is 32.1 Å². The van der Waals surface area contributed by atoms with Crippen molar-refractivity contribution >= 4 is 11.8 Å². The molecule has 1 N–H and O–H groups in total. The van der Waals surface area contributed by atoms with Gasteiger partial charge in [0.25, 0.3) is 0 Å². The maximum absolute atomic E-state index is 12.2. The molecule has 0 saturated carbocycles. The van der Waals surface area contributed by atoms with Crippen LogP contribution < -0.4 is 5.32 Å². The predicted molar refractivity (Wildman–Crippen MR) is 69.1 cm³/mol. The fourth-order valence-corrected chi connectivity index (χ4v) is 2.76. The molecule has 2 saturated heterocycles. The maximum atomic E-state index is 12.2. The van der Waals surface area contributed by atoms with Crippen LogP contribution >= 0.6 is 0 Å². The first-order valence-electron chi connectivity index (χ1n) is 6.96. The number of amides is 2. The first-order valence-corrected chi connectivity index (χ1v) is 6.96. The minimum absolute atomic E-state index is 0.0857. The molecule has 0 radical (unpaired) electrons. The molecule has 1 atom stereocenters. The highest BCUT2D eigenvalue weighted by atomic mass is 16.2. The van der Waals surface area contributed by atoms with Gasteiger partial charge in [-0.3, -0.25) is 9.59 Å². The molecular weight excluding hydrogens is 230 g/mol. The molecule has 2 fully saturated rings. The minimum atomic E-state index is -0.112. The Hall–Kier alpha value is -1.10. The van der Waals surface area contributed by atoms with Crippen LogP contribution in [0.25, 0.3) is 0 Å². The highest BCUT2D eigenvalue weighted by molar-refractivity contribution is 5.87. The molecule has 5 heteroatoms. The van der Waals surface area contributed by atoms with Crippen molar-refractivity contribution in [1.29, 1.82) is 0 Å². The molecule has 102 valence electrons. The van der Waals surface area contributed by atoms with Crippen molar-refractivity contribution in [3.63, 3.8) is 0 Å². The summed E-state index contributed by atoms with van der Waals surface area (Å²) in [6.45, 7) is 2.69. The Morgan fingerprint density at radius 3 is 2.56 bits per heavy atom. The molecule has 2 rings (SSSR count). The van der Waals surface area contributed by atoms with Gasteiger partial charge in [0.1, 0.15) is 0 Å². The van der Waals surface area contributed by atoms with Gasteiger partial charge >= 0.3 is 0 Å². The smallest absolute Gasteiger partial charge is 0.242 e. The van der Waals surface area contributed by atoms with E-state index in [1.807, 2.05) is 11.9 Å². The molecule has 18 heavy (non-hydrogen) atoms. The average molecular weight is 253 g/mol. The monoisotopic (exact) mass is 253 g/mol. The largest absolute Gasteiger partial charge is 0.341 e. The van der Waals surface area contributed by atoms with Crippen LogP contribution in [0.2, 0.25) is 0 Å². The number of likely N-dealkylation sites (N-methyl/N-ethyl adjacent to an activating group) is 1. The number of likely N-dealkylation sites (tertiary alicyclic amines) is 2. The van der Waals surface area contributed by atoms with Crippen LogP contribution in [-0.2, 0) is 9.59 Å². The highest BCUT2D eigenvalue weighted by Crippen LogP contribution is 2.13. The van der Waals surface area contributed by atoms with E-state index in [2.05, 4.69) is 5.32 Å². The van der Waals surface area contributed by atoms with Crippen molar-refractivity contribution in [2.24, 2.45) is 0 Å². The van der Waals surface area contributed by atoms with E-state index in [1.165, 1.54) is 0 Å². The summed E-state index contributed by atoms with van der Waals surface area (Å²) in [4.78, 5) is 27.9. The van der Waals surface area contributed by atoms with Gasteiger partial charge in [-0.25, -0.2) is 0 Å². The Labute approximate surface area is 108 Å². The molecule has 2 heterocycles. The van der Waals surface area contributed by atoms with Crippen LogP contribution in [-0.4, -0.2) is 60.9 Å². The normalized spacial score (nSPS) is 25.4. The molecule has 0 bridgehead atoms. The molecule has 2 aliphatic rings. The molecule has 0 aromatic heterocycles. The first-order chi connectivity index (χ1) is 8.72. The van der Waals surface area contributed by atoms with Crippen molar-refractivity contribution in [2.75, 3.05) is 33.2 Å². The molecule has 0 aromatic carbocycles. The van der Waals surface area contributed by atoms with Crippen LogP contribution in [0, 0.1) is 0 Å². The minimum Gasteiger partial charge on any atom is -0.341 e. The van der Waals surface area contributed by atoms with Gasteiger partial charge in [-0.2, -0.15) is 0 Å². The molecule has 0 aromatic rings. The number of nitrogens with zero attached hydrogens (tertiary/aromatic N) is 2. The summed E-state index contributed by atoms with van der Waals surface area (Å²) in [5.74, 6) is 0.195. The van der Waals surface area contributed by atoms with E-state index in [0.29, 0.717) is 0 Å². The Kier molecular flexibility index (Phi) is 4.58. The number of carbonyl (C=O) groups excluding carboxylic acids is 2. The van der Waals surface area contributed by atoms with Crippen LogP contribution in [0.15, 0.2) is 0 Å². The zero-order chi connectivity index (χ0) is 13.0. The second kappa shape index (κ2) is 6.18. The van der Waals surface area contributed by atoms with Gasteiger partial charge in [0.2, 0.25) is 11.8 Å². The predicted octanol–water partition coefficient (Wildman–Crippen LogP) is 0.209. The number of hydrogen-bond donors (Lipinski definition) is 1. The van der Waals surface area contributed by atoms with E-state index in [4.69, 9.17) is 0 Å². The van der Waals surface area contributed by atoms with Gasteiger partial charge in [-0.1, -0.05) is 0 Å². The van der Waals surface area contributed by atoms with E-state index >= 15 is 0 Å². The first kappa shape index (κ1) is 13.3. The van der Waals surface area contributed by atoms with Gasteiger partial charge < -0.3 is 15.1 Å². The Balaban J connectivity index is 1.93. The van der Waals surface area contributed by atoms with Crippen molar-refractivity contribution in [2.45, 2.75) is 38.1 Å². The lowest BCUT2D eigenvalue weighted by Crippen LogP contribution is -2.48. The summed E-state index contributed by atoms with van der Waals surface area (Å²) in [6, 6.07) is -0.112. The van der Waals surface area contributed by atoms with Crippen LogP contribution in [0.4, 0.5) is 0 Å². The van der Waals surface area contributed by atoms with Gasteiger partial charge in [0.15, 0.2) is 0 Å². The van der Waals surface area contributed by atoms with Crippen molar-refractivity contribution < 1.29 is 9.59 Å². The number of hydrogen-bond acceptors (Lipinski definition) is 3. The quantitative estimate of drug-likeness (QED) is 0.782. The fraction of sp³-hybridized carbons (Fsp3) is 0.846. The number of nitrogens with one attached hydrogen (secondary N) is 1. The number of rotatable bonds is 3. The lowest BCUT2D eigenvalue weighted by Gasteiger charge is -2.26. The standard InChI is InChI=1S/C13H23N3O2/c1-14-11-6-2-3-9-16(13(11)18)10-12(17)15-7-4-5-8-15/h11,14H,2-10H2,1H3/t11-/m0/s1. The molecule has 0 unspecified atom stereocenters. The van der Waals surface area contributed by atoms with E-state index in [9.17, 15) is 9.59 Å². The van der Waals surface area contributed by atoms with E-state index in [-0.39, 0.29) is 24.4 Å². The third-order valence-electron chi connectivity index (χ3n) is 3.91. The van der Waals surface area contributed by atoms with E-state index < -0.39 is 0 Å². The Morgan fingerprint density at radius 2 is 1.89 bits per heavy atom. The highest BCUT2D eigenvalue weighted by Gasteiger charge is 2.28. The third kappa shape index (κ3) is 3.02. The summed E-state index contributed by atoms with van der Waals surface area (Å²) in [7, 11) is 1.81. The van der Waals surface area contributed by atoms with E-state index in [0.717, 1.165) is 51.7 Å². The summed E-state index contributed by atoms with van der Waals surface area (Å²) in [5, 5.41) is 3.05. The molecule has 2 amide bonds. The summed E-state index contributed by atoms with van der Waals surface area (Å²) < 4.78 is 0. The molecule has 5 nitrogen and oxygen atoms in total. The number of carbonyl (C=O) groups is 2. The Morgan fingerprint density at radius 1 is 1.22 bits per heavy atom. The maximum Gasteiger partial charge on any atom is 0.242 e. The van der Waals surface area contributed by atoms with Crippen molar-refractivity contribution in [3.05, 3.63) is 0 Å². The fourth-order valence-electron chi connectivity index (χ4n) is 2.76. The zero-order valence-corrected chi connectivity index (χ0v) is 11.2. The van der Waals surface area contributed by atoms with Gasteiger partial charge in [-0.15, -0.1) is 0 Å². The van der Waals surface area contributed by atoms with Gasteiger partial charge in [0, 0.05) is 19.6 Å². The van der Waals surface area contributed by atoms with Crippen molar-refractivity contribution in [1.82, 2.24) is 15.1 Å². The zero-order valence-electron chi connectivity index (χ0n) is 11.2. The van der Waals surface area contributed by atoms with Crippen LogP contribution in [0.3, 0.4) is 0 Å². The lowest BCUT2D eigenvalue weighted by molar-refractivity contribution is -0.140. The third-order valence-corrected chi connectivity index (χ3v) is 3.91. The SMILES string of the molecule is CN[C@H]1CCCCN(CC(=O)N2CCCC2)C1=O. The molecular formula is C13H23N3O2. The van der Waals surface area contributed by atoms with Crippen LogP contribution in [0.5, 0.6) is 0 Å². The van der Waals surface area contributed by atoms with Crippen molar-refractivity contribution in [3.8, 4) is 0 Å². The Bertz CT molecular complexity index is 313. The topological polar surface area (TPSA) is 52.7 Å². The van der Waals surface area contributed by atoms with Gasteiger partial charge in [0.05, 0.1) is 12.6 Å². The summed E-state index contributed by atoms with van der Waals surface area (Å²) in [6.07, 6.45) is 5.12. The average Bonchev–Trinajstić information content (AvgIpc) is 2.85. The second-order valence-corrected chi connectivity index (χ2v) is 5.18. The van der Waals surface area contributed by atoms with E-state index in [1.54, 1.807) is 4.90 Å². The molecule has 2 aliphatic heterocycles. The summed E-state index contributed by atoms with van der Waals surface area (Å²) >= 11 is 0. The van der Waals surface area contributed by atoms with Gasteiger partial charge in [-0.05, 0) is 39.2 Å².